The normalized spacial score (nSPS) is 21.1. The Morgan fingerprint density at radius 2 is 1.62 bits per heavy atom. The van der Waals surface area contributed by atoms with E-state index in [1.807, 2.05) is 30.9 Å². The number of nitrogens with zero attached hydrogens (tertiary/aromatic N) is 3. The number of pyridine rings is 2. The summed E-state index contributed by atoms with van der Waals surface area (Å²) in [5.41, 5.74) is 9.55. The largest absolute Gasteiger partial charge is 0.464 e. The van der Waals surface area contributed by atoms with E-state index in [1.165, 1.54) is 27.7 Å². The number of hydrogen-bond donors (Lipinski definition) is 2. The van der Waals surface area contributed by atoms with Crippen molar-refractivity contribution in [3.8, 4) is 5.75 Å². The highest BCUT2D eigenvalue weighted by atomic mass is 16.5. The molecular formula is C34H29N5O. The first-order valence-corrected chi connectivity index (χ1v) is 14.0. The van der Waals surface area contributed by atoms with E-state index >= 15 is 0 Å². The predicted molar refractivity (Wildman–Crippen MR) is 159 cm³/mol. The molecular weight excluding hydrogens is 494 g/mol. The van der Waals surface area contributed by atoms with Crippen molar-refractivity contribution in [2.75, 3.05) is 5.32 Å². The van der Waals surface area contributed by atoms with E-state index in [0.717, 1.165) is 47.5 Å². The molecule has 0 amide bonds. The monoisotopic (exact) mass is 523 g/mol. The Morgan fingerprint density at radius 3 is 2.45 bits per heavy atom. The standard InChI is InChI=1S/C34H29N5O/c1-2-6-24(7-3-1)34-38-27-10-11-30-32(33(27)40-34)26-8-4-5-9-29(26)39(30)31-21-25(22-12-16-35-17-13-22)20-28(37-31)23-14-18-36-19-15-23/h1-4,6-8,10-20,25,31,34,37-38H,5,9,21H2. The Labute approximate surface area is 233 Å². The van der Waals surface area contributed by atoms with Gasteiger partial charge in [-0.2, -0.15) is 0 Å². The molecule has 0 spiro atoms. The zero-order valence-corrected chi connectivity index (χ0v) is 22.0. The van der Waals surface area contributed by atoms with Crippen LogP contribution in [0.4, 0.5) is 5.69 Å². The number of anilines is 1. The fourth-order valence-corrected chi connectivity index (χ4v) is 6.49. The van der Waals surface area contributed by atoms with Crippen LogP contribution in [0.15, 0.2) is 104 Å². The van der Waals surface area contributed by atoms with E-state index in [9.17, 15) is 0 Å². The molecule has 2 N–H and O–H groups in total. The SMILES string of the molecule is C1=Cc2c(n(C3CC(c4ccncc4)C=C(c4ccncc4)N3)c3ccc4c(c23)OC(c2ccccc2)N4)CC1. The number of fused-ring (bicyclic) bond motifs is 5. The van der Waals surface area contributed by atoms with Gasteiger partial charge in [-0.25, -0.2) is 0 Å². The summed E-state index contributed by atoms with van der Waals surface area (Å²) in [6, 6.07) is 23.2. The second-order valence-corrected chi connectivity index (χ2v) is 10.7. The maximum absolute atomic E-state index is 6.65. The molecule has 40 heavy (non-hydrogen) atoms. The fraction of sp³-hybridized carbons (Fsp3) is 0.176. The first-order chi connectivity index (χ1) is 19.8. The number of hydrogen-bond acceptors (Lipinski definition) is 5. The average Bonchev–Trinajstić information content (AvgIpc) is 3.62. The number of rotatable bonds is 4. The topological polar surface area (TPSA) is 64.0 Å². The van der Waals surface area contributed by atoms with E-state index in [-0.39, 0.29) is 18.3 Å². The molecule has 3 atom stereocenters. The van der Waals surface area contributed by atoms with Crippen molar-refractivity contribution < 1.29 is 4.74 Å². The number of ether oxygens (including phenoxy) is 1. The molecule has 0 saturated heterocycles. The Kier molecular flexibility index (Phi) is 5.43. The molecule has 0 fully saturated rings. The van der Waals surface area contributed by atoms with Gasteiger partial charge in [-0.15, -0.1) is 0 Å². The van der Waals surface area contributed by atoms with Gasteiger partial charge in [0, 0.05) is 58.8 Å². The van der Waals surface area contributed by atoms with Gasteiger partial charge in [-0.05, 0) is 61.2 Å². The number of benzene rings is 2. The third kappa shape index (κ3) is 3.79. The van der Waals surface area contributed by atoms with Gasteiger partial charge in [0.2, 0.25) is 0 Å². The van der Waals surface area contributed by atoms with Gasteiger partial charge in [-0.3, -0.25) is 9.97 Å². The summed E-state index contributed by atoms with van der Waals surface area (Å²) in [5, 5.41) is 8.71. The van der Waals surface area contributed by atoms with Crippen LogP contribution < -0.4 is 15.4 Å². The zero-order valence-electron chi connectivity index (χ0n) is 22.0. The molecule has 0 bridgehead atoms. The number of allylic oxidation sites excluding steroid dienone is 2. The average molecular weight is 524 g/mol. The van der Waals surface area contributed by atoms with Gasteiger partial charge in [0.25, 0.3) is 0 Å². The third-order valence-electron chi connectivity index (χ3n) is 8.33. The van der Waals surface area contributed by atoms with E-state index in [2.05, 4.69) is 104 Å². The smallest absolute Gasteiger partial charge is 0.196 e. The minimum atomic E-state index is -0.196. The van der Waals surface area contributed by atoms with E-state index in [1.54, 1.807) is 0 Å². The lowest BCUT2D eigenvalue weighted by molar-refractivity contribution is 0.262. The molecule has 8 rings (SSSR count). The molecule has 2 aliphatic heterocycles. The van der Waals surface area contributed by atoms with Crippen molar-refractivity contribution in [1.29, 1.82) is 0 Å². The molecule has 3 aliphatic rings. The van der Waals surface area contributed by atoms with Gasteiger partial charge in [0.15, 0.2) is 12.0 Å². The summed E-state index contributed by atoms with van der Waals surface area (Å²) in [6.45, 7) is 0. The summed E-state index contributed by atoms with van der Waals surface area (Å²) in [6.07, 6.45) is 17.3. The first kappa shape index (κ1) is 23.1. The summed E-state index contributed by atoms with van der Waals surface area (Å²) >= 11 is 0. The lowest BCUT2D eigenvalue weighted by Gasteiger charge is -2.34. The minimum absolute atomic E-state index is 0.0708. The zero-order chi connectivity index (χ0) is 26.5. The van der Waals surface area contributed by atoms with Crippen LogP contribution in [0.3, 0.4) is 0 Å². The maximum atomic E-state index is 6.65. The van der Waals surface area contributed by atoms with Crippen molar-refractivity contribution in [2.24, 2.45) is 0 Å². The molecule has 0 saturated carbocycles. The second kappa shape index (κ2) is 9.42. The highest BCUT2D eigenvalue weighted by molar-refractivity contribution is 6.01. The molecule has 0 radical (unpaired) electrons. The molecule has 3 unspecified atom stereocenters. The molecule has 2 aromatic carbocycles. The Bertz CT molecular complexity index is 1760. The second-order valence-electron chi connectivity index (χ2n) is 10.7. The summed E-state index contributed by atoms with van der Waals surface area (Å²) < 4.78 is 9.19. The first-order valence-electron chi connectivity index (χ1n) is 14.0. The Hall–Kier alpha value is -4.84. The van der Waals surface area contributed by atoms with Gasteiger partial charge < -0.3 is 19.9 Å². The van der Waals surface area contributed by atoms with Crippen molar-refractivity contribution in [3.05, 3.63) is 132 Å². The molecule has 5 aromatic rings. The van der Waals surface area contributed by atoms with Crippen LogP contribution in [0, 0.1) is 0 Å². The fourth-order valence-electron chi connectivity index (χ4n) is 6.49. The van der Waals surface area contributed by atoms with Crippen LogP contribution in [0.5, 0.6) is 5.75 Å². The molecule has 3 aromatic heterocycles. The van der Waals surface area contributed by atoms with Gasteiger partial charge in [-0.1, -0.05) is 48.6 Å². The molecule has 1 aliphatic carbocycles. The number of nitrogens with one attached hydrogen (secondary N) is 2. The van der Waals surface area contributed by atoms with E-state index in [4.69, 9.17) is 4.74 Å². The molecule has 196 valence electrons. The highest BCUT2D eigenvalue weighted by Gasteiger charge is 2.33. The maximum Gasteiger partial charge on any atom is 0.196 e. The van der Waals surface area contributed by atoms with Gasteiger partial charge in [0.05, 0.1) is 16.6 Å². The molecule has 5 heterocycles. The number of aromatic nitrogens is 3. The van der Waals surface area contributed by atoms with Crippen LogP contribution in [0.1, 0.15) is 59.1 Å². The predicted octanol–water partition coefficient (Wildman–Crippen LogP) is 7.21. The summed E-state index contributed by atoms with van der Waals surface area (Å²) in [7, 11) is 0. The van der Waals surface area contributed by atoms with Crippen molar-refractivity contribution in [3.63, 3.8) is 0 Å². The lowest BCUT2D eigenvalue weighted by Crippen LogP contribution is -2.32. The summed E-state index contributed by atoms with van der Waals surface area (Å²) in [5.74, 6) is 1.19. The van der Waals surface area contributed by atoms with E-state index in [0.29, 0.717) is 0 Å². The van der Waals surface area contributed by atoms with Crippen molar-refractivity contribution in [1.82, 2.24) is 19.9 Å². The van der Waals surface area contributed by atoms with Gasteiger partial charge in [0.1, 0.15) is 6.17 Å². The van der Waals surface area contributed by atoms with Crippen LogP contribution in [0.2, 0.25) is 0 Å². The van der Waals surface area contributed by atoms with Crippen molar-refractivity contribution >= 4 is 28.4 Å². The lowest BCUT2D eigenvalue weighted by atomic mass is 9.89. The Morgan fingerprint density at radius 1 is 0.825 bits per heavy atom. The van der Waals surface area contributed by atoms with Crippen LogP contribution in [-0.4, -0.2) is 14.5 Å². The quantitative estimate of drug-likeness (QED) is 0.261. The van der Waals surface area contributed by atoms with Gasteiger partial charge >= 0.3 is 0 Å². The van der Waals surface area contributed by atoms with Crippen LogP contribution in [-0.2, 0) is 6.42 Å². The van der Waals surface area contributed by atoms with Crippen molar-refractivity contribution in [2.45, 2.75) is 37.6 Å². The van der Waals surface area contributed by atoms with Crippen LogP contribution in [0.25, 0.3) is 22.7 Å². The summed E-state index contributed by atoms with van der Waals surface area (Å²) in [4.78, 5) is 8.52. The highest BCUT2D eigenvalue weighted by Crippen LogP contribution is 2.49. The third-order valence-corrected chi connectivity index (χ3v) is 8.33. The molecule has 6 heteroatoms. The van der Waals surface area contributed by atoms with E-state index < -0.39 is 0 Å². The molecule has 6 nitrogen and oxygen atoms in total. The minimum Gasteiger partial charge on any atom is -0.464 e. The van der Waals surface area contributed by atoms with Crippen LogP contribution >= 0.6 is 0 Å². The Balaban J connectivity index is 1.26.